The third kappa shape index (κ3) is 2.13. The van der Waals surface area contributed by atoms with Crippen molar-refractivity contribution in [3.05, 3.63) is 46.5 Å². The Morgan fingerprint density at radius 2 is 2.35 bits per heavy atom. The number of anilines is 1. The normalized spacial score (nSPS) is 10.4. The summed E-state index contributed by atoms with van der Waals surface area (Å²) in [6.07, 6.45) is 0. The number of aryl methyl sites for hydroxylation is 1. The number of carbonyl (C=O) groups is 1. The third-order valence-electron chi connectivity index (χ3n) is 2.73. The molecule has 0 radical (unpaired) electrons. The Balaban J connectivity index is 1.86. The van der Waals surface area contributed by atoms with Crippen LogP contribution >= 0.6 is 11.3 Å². The van der Waals surface area contributed by atoms with Crippen LogP contribution in [0.5, 0.6) is 0 Å². The molecule has 3 aromatic rings. The van der Waals surface area contributed by atoms with Gasteiger partial charge in [-0.25, -0.2) is 4.52 Å². The van der Waals surface area contributed by atoms with E-state index < -0.39 is 0 Å². The Morgan fingerprint density at radius 3 is 3.10 bits per heavy atom. The molecule has 6 nitrogen and oxygen atoms in total. The van der Waals surface area contributed by atoms with Gasteiger partial charge in [-0.05, 0) is 25.1 Å². The molecule has 0 saturated carbocycles. The van der Waals surface area contributed by atoms with E-state index in [4.69, 9.17) is 5.26 Å². The molecule has 1 N–H and O–H groups in total. The molecule has 3 rings (SSSR count). The lowest BCUT2D eigenvalue weighted by molar-refractivity contribution is 0.102. The second-order valence-corrected chi connectivity index (χ2v) is 4.99. The van der Waals surface area contributed by atoms with Crippen molar-refractivity contribution in [1.29, 1.82) is 5.26 Å². The summed E-state index contributed by atoms with van der Waals surface area (Å²) in [5, 5.41) is 17.6. The van der Waals surface area contributed by atoms with Crippen molar-refractivity contribution < 1.29 is 4.79 Å². The van der Waals surface area contributed by atoms with E-state index in [0.29, 0.717) is 11.1 Å². The highest BCUT2D eigenvalue weighted by atomic mass is 32.1. The van der Waals surface area contributed by atoms with E-state index in [1.54, 1.807) is 22.7 Å². The van der Waals surface area contributed by atoms with Crippen molar-refractivity contribution in [3.8, 4) is 6.07 Å². The van der Waals surface area contributed by atoms with Gasteiger partial charge in [0.15, 0.2) is 0 Å². The minimum Gasteiger partial charge on any atom is -0.289 e. The van der Waals surface area contributed by atoms with Crippen LogP contribution in [0, 0.1) is 18.3 Å². The molecule has 98 valence electrons. The Hall–Kier alpha value is -2.72. The third-order valence-corrected chi connectivity index (χ3v) is 3.66. The average molecular weight is 283 g/mol. The highest BCUT2D eigenvalue weighted by Crippen LogP contribution is 2.16. The first kappa shape index (κ1) is 12.3. The van der Waals surface area contributed by atoms with Crippen LogP contribution in [0.3, 0.4) is 0 Å². The monoisotopic (exact) mass is 283 g/mol. The molecule has 0 aliphatic heterocycles. The maximum absolute atomic E-state index is 12.1. The number of nitrogens with one attached hydrogen (secondary N) is 1. The van der Waals surface area contributed by atoms with Crippen LogP contribution in [-0.4, -0.2) is 20.5 Å². The first-order chi connectivity index (χ1) is 9.67. The number of carbonyl (C=O) groups excluding carboxylic acids is 1. The van der Waals surface area contributed by atoms with E-state index in [2.05, 4.69) is 15.4 Å². The lowest BCUT2D eigenvalue weighted by atomic mass is 10.1. The standard InChI is InChI=1S/C13H9N5OS/c1-8-7-20-13-16-12(17-18(8)13)15-11(19)10-4-2-3-9(5-10)6-14/h2-5,7H,1H3,(H,15,17,19). The number of nitrogens with zero attached hydrogens (tertiary/aromatic N) is 4. The molecule has 1 aromatic carbocycles. The van der Waals surface area contributed by atoms with Crippen molar-refractivity contribution in [3.63, 3.8) is 0 Å². The number of thiazole rings is 1. The molecule has 0 fully saturated rings. The van der Waals surface area contributed by atoms with E-state index in [1.165, 1.54) is 17.4 Å². The van der Waals surface area contributed by atoms with Crippen LogP contribution in [0.4, 0.5) is 5.95 Å². The smallest absolute Gasteiger partial charge is 0.258 e. The predicted octanol–water partition coefficient (Wildman–Crippen LogP) is 2.22. The second kappa shape index (κ2) is 4.75. The number of nitriles is 1. The molecule has 0 saturated heterocycles. The van der Waals surface area contributed by atoms with Crippen molar-refractivity contribution in [2.24, 2.45) is 0 Å². The summed E-state index contributed by atoms with van der Waals surface area (Å²) < 4.78 is 1.67. The summed E-state index contributed by atoms with van der Waals surface area (Å²) in [4.78, 5) is 17.0. The molecule has 2 aromatic heterocycles. The van der Waals surface area contributed by atoms with E-state index in [0.717, 1.165) is 10.7 Å². The Kier molecular flexibility index (Phi) is 2.93. The van der Waals surface area contributed by atoms with Gasteiger partial charge in [-0.1, -0.05) is 6.07 Å². The Labute approximate surface area is 118 Å². The molecule has 0 unspecified atom stereocenters. The zero-order chi connectivity index (χ0) is 14.1. The highest BCUT2D eigenvalue weighted by molar-refractivity contribution is 7.15. The number of aromatic nitrogens is 3. The average Bonchev–Trinajstić information content (AvgIpc) is 3.01. The lowest BCUT2D eigenvalue weighted by Gasteiger charge is -2.00. The molecule has 0 atom stereocenters. The minimum absolute atomic E-state index is 0.257. The topological polar surface area (TPSA) is 83.1 Å². The molecule has 0 aliphatic rings. The Bertz CT molecular complexity index is 842. The fourth-order valence-electron chi connectivity index (χ4n) is 1.75. The maximum atomic E-state index is 12.1. The van der Waals surface area contributed by atoms with Gasteiger partial charge in [0.2, 0.25) is 4.96 Å². The molecule has 0 bridgehead atoms. The van der Waals surface area contributed by atoms with Gasteiger partial charge in [0, 0.05) is 10.9 Å². The molecular weight excluding hydrogens is 274 g/mol. The van der Waals surface area contributed by atoms with Gasteiger partial charge < -0.3 is 0 Å². The summed E-state index contributed by atoms with van der Waals surface area (Å²) in [5.41, 5.74) is 1.80. The molecule has 20 heavy (non-hydrogen) atoms. The molecule has 0 aliphatic carbocycles. The van der Waals surface area contributed by atoms with E-state index in [1.807, 2.05) is 18.4 Å². The zero-order valence-corrected chi connectivity index (χ0v) is 11.3. The minimum atomic E-state index is -0.335. The number of hydrogen-bond donors (Lipinski definition) is 1. The van der Waals surface area contributed by atoms with E-state index in [-0.39, 0.29) is 11.9 Å². The molecular formula is C13H9N5OS. The first-order valence-corrected chi connectivity index (χ1v) is 6.68. The molecule has 1 amide bonds. The van der Waals surface area contributed by atoms with Gasteiger partial charge in [0.25, 0.3) is 11.9 Å². The van der Waals surface area contributed by atoms with Gasteiger partial charge in [-0.15, -0.1) is 16.4 Å². The van der Waals surface area contributed by atoms with Crippen LogP contribution in [0.2, 0.25) is 0 Å². The molecule has 2 heterocycles. The van der Waals surface area contributed by atoms with Gasteiger partial charge in [0.1, 0.15) is 0 Å². The second-order valence-electron chi connectivity index (χ2n) is 4.15. The van der Waals surface area contributed by atoms with E-state index >= 15 is 0 Å². The van der Waals surface area contributed by atoms with Crippen LogP contribution in [0.25, 0.3) is 4.96 Å². The lowest BCUT2D eigenvalue weighted by Crippen LogP contribution is -2.13. The van der Waals surface area contributed by atoms with Crippen LogP contribution < -0.4 is 5.32 Å². The summed E-state index contributed by atoms with van der Waals surface area (Å²) in [6.45, 7) is 1.92. The van der Waals surface area contributed by atoms with Gasteiger partial charge >= 0.3 is 0 Å². The van der Waals surface area contributed by atoms with Crippen LogP contribution in [0.1, 0.15) is 21.6 Å². The van der Waals surface area contributed by atoms with Crippen molar-refractivity contribution in [2.75, 3.05) is 5.32 Å². The zero-order valence-electron chi connectivity index (χ0n) is 10.5. The summed E-state index contributed by atoms with van der Waals surface area (Å²) in [6, 6.07) is 8.47. The quantitative estimate of drug-likeness (QED) is 0.781. The molecule has 0 spiro atoms. The van der Waals surface area contributed by atoms with Crippen LogP contribution in [-0.2, 0) is 0 Å². The number of rotatable bonds is 2. The number of fused-ring (bicyclic) bond motifs is 1. The number of amides is 1. The van der Waals surface area contributed by atoms with Crippen molar-refractivity contribution >= 4 is 28.2 Å². The van der Waals surface area contributed by atoms with Gasteiger partial charge in [0.05, 0.1) is 17.3 Å². The Morgan fingerprint density at radius 1 is 1.50 bits per heavy atom. The predicted molar refractivity (Wildman–Crippen MR) is 74.7 cm³/mol. The highest BCUT2D eigenvalue weighted by Gasteiger charge is 2.12. The largest absolute Gasteiger partial charge is 0.289 e. The fourth-order valence-corrected chi connectivity index (χ4v) is 2.55. The first-order valence-electron chi connectivity index (χ1n) is 5.80. The van der Waals surface area contributed by atoms with Crippen molar-refractivity contribution in [2.45, 2.75) is 6.92 Å². The summed E-state index contributed by atoms with van der Waals surface area (Å²) in [5.74, 6) is -0.0784. The maximum Gasteiger partial charge on any atom is 0.258 e. The fraction of sp³-hybridized carbons (Fsp3) is 0.0769. The number of benzene rings is 1. The van der Waals surface area contributed by atoms with Crippen molar-refractivity contribution in [1.82, 2.24) is 14.6 Å². The van der Waals surface area contributed by atoms with Gasteiger partial charge in [-0.2, -0.15) is 10.2 Å². The SMILES string of the molecule is Cc1csc2nc(NC(=O)c3cccc(C#N)c3)nn12. The summed E-state index contributed by atoms with van der Waals surface area (Å²) >= 11 is 1.46. The van der Waals surface area contributed by atoms with Crippen LogP contribution in [0.15, 0.2) is 29.6 Å². The van der Waals surface area contributed by atoms with Gasteiger partial charge in [-0.3, -0.25) is 10.1 Å². The number of hydrogen-bond acceptors (Lipinski definition) is 5. The molecule has 7 heteroatoms. The van der Waals surface area contributed by atoms with E-state index in [9.17, 15) is 4.79 Å². The summed E-state index contributed by atoms with van der Waals surface area (Å²) in [7, 11) is 0.